The smallest absolute Gasteiger partial charge is 0.151 e. The topological polar surface area (TPSA) is 61.4 Å². The molecular weight excluding hydrogens is 252 g/mol. The Morgan fingerprint density at radius 2 is 2.15 bits per heavy atom. The summed E-state index contributed by atoms with van der Waals surface area (Å²) in [5.74, 6) is 0. The summed E-state index contributed by atoms with van der Waals surface area (Å²) < 4.78 is 1.80. The number of aromatic nitrogens is 1. The summed E-state index contributed by atoms with van der Waals surface area (Å²) in [7, 11) is 3.73. The van der Waals surface area contributed by atoms with Crippen LogP contribution in [0, 0.1) is 11.3 Å². The van der Waals surface area contributed by atoms with E-state index in [0.29, 0.717) is 16.8 Å². The molecule has 0 spiro atoms. The van der Waals surface area contributed by atoms with Crippen LogP contribution in [-0.2, 0) is 0 Å². The molecule has 0 amide bonds. The van der Waals surface area contributed by atoms with E-state index in [0.717, 1.165) is 12.0 Å². The monoisotopic (exact) mass is 266 g/mol. The van der Waals surface area contributed by atoms with Crippen LogP contribution in [0.1, 0.15) is 15.9 Å². The molecular formula is C15H14N4O. The lowest BCUT2D eigenvalue weighted by atomic mass is 10.1. The molecule has 0 aliphatic rings. The first-order chi connectivity index (χ1) is 9.63. The lowest BCUT2D eigenvalue weighted by molar-refractivity contribution is 0.112. The molecule has 1 aromatic heterocycles. The first kappa shape index (κ1) is 13.6. The summed E-state index contributed by atoms with van der Waals surface area (Å²) in [5.41, 5.74) is 2.52. The van der Waals surface area contributed by atoms with Crippen molar-refractivity contribution >= 4 is 18.3 Å². The number of carbonyl (C=O) groups is 1. The third-order valence-corrected chi connectivity index (χ3v) is 2.68. The van der Waals surface area contributed by atoms with E-state index in [2.05, 4.69) is 11.1 Å². The average molecular weight is 266 g/mol. The number of hydrogen-bond acceptors (Lipinski definition) is 3. The zero-order valence-electron chi connectivity index (χ0n) is 11.3. The van der Waals surface area contributed by atoms with Crippen molar-refractivity contribution in [2.45, 2.75) is 0 Å². The van der Waals surface area contributed by atoms with Crippen LogP contribution in [0.25, 0.3) is 5.69 Å². The molecule has 0 radical (unpaired) electrons. The predicted molar refractivity (Wildman–Crippen MR) is 77.7 cm³/mol. The summed E-state index contributed by atoms with van der Waals surface area (Å²) in [5, 5.41) is 9.20. The van der Waals surface area contributed by atoms with Crippen molar-refractivity contribution in [1.82, 2.24) is 9.47 Å². The van der Waals surface area contributed by atoms with E-state index in [-0.39, 0.29) is 0 Å². The van der Waals surface area contributed by atoms with Crippen LogP contribution < -0.4 is 0 Å². The van der Waals surface area contributed by atoms with Crippen molar-refractivity contribution in [3.63, 3.8) is 0 Å². The second kappa shape index (κ2) is 5.85. The largest absolute Gasteiger partial charge is 0.369 e. The molecule has 0 aliphatic carbocycles. The van der Waals surface area contributed by atoms with E-state index in [1.807, 2.05) is 20.2 Å². The van der Waals surface area contributed by atoms with Gasteiger partial charge in [-0.3, -0.25) is 4.79 Å². The van der Waals surface area contributed by atoms with E-state index in [9.17, 15) is 10.1 Å². The highest BCUT2D eigenvalue weighted by Crippen LogP contribution is 2.22. The maximum atomic E-state index is 10.7. The van der Waals surface area contributed by atoms with Crippen LogP contribution in [-0.4, -0.2) is 36.2 Å². The normalized spacial score (nSPS) is 10.4. The Bertz CT molecular complexity index is 692. The Morgan fingerprint density at radius 3 is 2.75 bits per heavy atom. The molecule has 0 fully saturated rings. The van der Waals surface area contributed by atoms with Crippen LogP contribution in [0.2, 0.25) is 0 Å². The molecule has 5 nitrogen and oxygen atoms in total. The number of aldehydes is 1. The highest BCUT2D eigenvalue weighted by atomic mass is 16.1. The van der Waals surface area contributed by atoms with Gasteiger partial charge >= 0.3 is 0 Å². The lowest BCUT2D eigenvalue weighted by Crippen LogP contribution is -2.07. The van der Waals surface area contributed by atoms with E-state index in [4.69, 9.17) is 0 Å². The SMILES string of the molecule is CN(C)C=Nc1ccc(-n2ccc(C=O)c2)cc1C#N. The van der Waals surface area contributed by atoms with Crippen LogP contribution in [0.4, 0.5) is 5.69 Å². The average Bonchev–Trinajstić information content (AvgIpc) is 2.93. The maximum absolute atomic E-state index is 10.7. The molecule has 1 aromatic carbocycles. The molecule has 20 heavy (non-hydrogen) atoms. The second-order valence-electron chi connectivity index (χ2n) is 4.49. The Kier molecular flexibility index (Phi) is 3.96. The standard InChI is InChI=1S/C15H14N4O/c1-18(2)11-17-15-4-3-14(7-13(15)8-16)19-6-5-12(9-19)10-20/h3-7,9-11H,1-2H3. The minimum atomic E-state index is 0.488. The summed E-state index contributed by atoms with van der Waals surface area (Å²) in [6, 6.07) is 9.25. The number of hydrogen-bond donors (Lipinski definition) is 0. The molecule has 2 rings (SSSR count). The second-order valence-corrected chi connectivity index (χ2v) is 4.49. The highest BCUT2D eigenvalue weighted by molar-refractivity contribution is 5.74. The number of benzene rings is 1. The number of rotatable bonds is 4. The fourth-order valence-electron chi connectivity index (χ4n) is 1.71. The van der Waals surface area contributed by atoms with E-state index < -0.39 is 0 Å². The van der Waals surface area contributed by atoms with Gasteiger partial charge in [-0.2, -0.15) is 5.26 Å². The third kappa shape index (κ3) is 2.93. The quantitative estimate of drug-likeness (QED) is 0.485. The molecule has 0 unspecified atom stereocenters. The molecule has 0 aliphatic heterocycles. The van der Waals surface area contributed by atoms with E-state index in [1.165, 1.54) is 0 Å². The fourth-order valence-corrected chi connectivity index (χ4v) is 1.71. The minimum absolute atomic E-state index is 0.488. The van der Waals surface area contributed by atoms with Gasteiger partial charge in [0.05, 0.1) is 17.6 Å². The minimum Gasteiger partial charge on any atom is -0.369 e. The van der Waals surface area contributed by atoms with Crippen LogP contribution in [0.3, 0.4) is 0 Å². The highest BCUT2D eigenvalue weighted by Gasteiger charge is 2.04. The molecule has 2 aromatic rings. The summed E-state index contributed by atoms with van der Waals surface area (Å²) in [6.07, 6.45) is 5.93. The van der Waals surface area contributed by atoms with Crippen molar-refractivity contribution in [2.24, 2.45) is 4.99 Å². The number of nitriles is 1. The molecule has 0 saturated heterocycles. The third-order valence-electron chi connectivity index (χ3n) is 2.68. The van der Waals surface area contributed by atoms with Gasteiger partial charge in [-0.05, 0) is 24.3 Å². The Morgan fingerprint density at radius 1 is 1.35 bits per heavy atom. The van der Waals surface area contributed by atoms with E-state index in [1.54, 1.807) is 46.4 Å². The molecule has 1 heterocycles. The van der Waals surface area contributed by atoms with Gasteiger partial charge in [0.15, 0.2) is 6.29 Å². The molecule has 0 saturated carbocycles. The molecule has 5 heteroatoms. The predicted octanol–water partition coefficient (Wildman–Crippen LogP) is 2.38. The summed E-state index contributed by atoms with van der Waals surface area (Å²) in [6.45, 7) is 0. The van der Waals surface area contributed by atoms with Crippen molar-refractivity contribution in [2.75, 3.05) is 14.1 Å². The lowest BCUT2D eigenvalue weighted by Gasteiger charge is -2.06. The Hall–Kier alpha value is -2.87. The fraction of sp³-hybridized carbons (Fsp3) is 0.133. The van der Waals surface area contributed by atoms with Crippen LogP contribution in [0.5, 0.6) is 0 Å². The van der Waals surface area contributed by atoms with Gasteiger partial charge in [0, 0.05) is 37.7 Å². The maximum Gasteiger partial charge on any atom is 0.151 e. The zero-order chi connectivity index (χ0) is 14.5. The Balaban J connectivity index is 2.39. The van der Waals surface area contributed by atoms with Gasteiger partial charge in [-0.25, -0.2) is 4.99 Å². The van der Waals surface area contributed by atoms with Crippen molar-refractivity contribution in [3.8, 4) is 11.8 Å². The zero-order valence-corrected chi connectivity index (χ0v) is 11.3. The number of carbonyl (C=O) groups excluding carboxylic acids is 1. The van der Waals surface area contributed by atoms with E-state index >= 15 is 0 Å². The molecule has 0 bridgehead atoms. The number of aliphatic imine (C=N–C) groups is 1. The molecule has 0 N–H and O–H groups in total. The van der Waals surface area contributed by atoms with Gasteiger partial charge in [0.2, 0.25) is 0 Å². The summed E-state index contributed by atoms with van der Waals surface area (Å²) in [4.78, 5) is 16.7. The van der Waals surface area contributed by atoms with Gasteiger partial charge in [-0.1, -0.05) is 0 Å². The molecule has 0 atom stereocenters. The van der Waals surface area contributed by atoms with Crippen molar-refractivity contribution < 1.29 is 4.79 Å². The molecule has 100 valence electrons. The van der Waals surface area contributed by atoms with Gasteiger partial charge in [-0.15, -0.1) is 0 Å². The van der Waals surface area contributed by atoms with Gasteiger partial charge in [0.1, 0.15) is 6.07 Å². The van der Waals surface area contributed by atoms with Crippen LogP contribution >= 0.6 is 0 Å². The van der Waals surface area contributed by atoms with Gasteiger partial charge < -0.3 is 9.47 Å². The van der Waals surface area contributed by atoms with Crippen LogP contribution in [0.15, 0.2) is 41.7 Å². The van der Waals surface area contributed by atoms with Gasteiger partial charge in [0.25, 0.3) is 0 Å². The van der Waals surface area contributed by atoms with Crippen molar-refractivity contribution in [1.29, 1.82) is 5.26 Å². The Labute approximate surface area is 117 Å². The van der Waals surface area contributed by atoms with Crippen molar-refractivity contribution in [3.05, 3.63) is 47.8 Å². The first-order valence-electron chi connectivity index (χ1n) is 6.02. The summed E-state index contributed by atoms with van der Waals surface area (Å²) >= 11 is 0. The first-order valence-corrected chi connectivity index (χ1v) is 6.02. The number of nitrogens with zero attached hydrogens (tertiary/aromatic N) is 4.